The van der Waals surface area contributed by atoms with Gasteiger partial charge in [0.1, 0.15) is 12.7 Å². The second-order valence-electron chi connectivity index (χ2n) is 4.48. The molecule has 8 heteroatoms. The molecular weight excluding hydrogens is 301 g/mol. The number of halogens is 3. The molecule has 0 aliphatic rings. The fourth-order valence-electron chi connectivity index (χ4n) is 1.49. The van der Waals surface area contributed by atoms with Crippen molar-refractivity contribution in [2.24, 2.45) is 0 Å². The van der Waals surface area contributed by atoms with Gasteiger partial charge in [0.15, 0.2) is 0 Å². The van der Waals surface area contributed by atoms with Gasteiger partial charge < -0.3 is 15.4 Å². The van der Waals surface area contributed by atoms with Gasteiger partial charge in [0.25, 0.3) is 5.91 Å². The second kappa shape index (κ2) is 8.38. The van der Waals surface area contributed by atoms with Gasteiger partial charge in [-0.15, -0.1) is 0 Å². The summed E-state index contributed by atoms with van der Waals surface area (Å²) in [5.74, 6) is -0.963. The first kappa shape index (κ1) is 18.0. The molecule has 0 saturated heterocycles. The summed E-state index contributed by atoms with van der Waals surface area (Å²) in [6.07, 6.45) is -5.69. The molecule has 2 amide bonds. The van der Waals surface area contributed by atoms with E-state index >= 15 is 0 Å². The number of nitrogens with one attached hydrogen (secondary N) is 2. The van der Waals surface area contributed by atoms with Crippen molar-refractivity contribution in [3.8, 4) is 0 Å². The second-order valence-corrected chi connectivity index (χ2v) is 4.48. The molecule has 1 aromatic carbocycles. The van der Waals surface area contributed by atoms with Gasteiger partial charge >= 0.3 is 6.18 Å². The van der Waals surface area contributed by atoms with Gasteiger partial charge in [0.2, 0.25) is 5.91 Å². The lowest BCUT2D eigenvalue weighted by Crippen LogP contribution is -2.40. The van der Waals surface area contributed by atoms with Crippen molar-refractivity contribution in [1.29, 1.82) is 0 Å². The number of benzene rings is 1. The van der Waals surface area contributed by atoms with E-state index in [-0.39, 0.29) is 19.0 Å². The van der Waals surface area contributed by atoms with Crippen molar-refractivity contribution in [3.05, 3.63) is 35.9 Å². The molecule has 2 N–H and O–H groups in total. The van der Waals surface area contributed by atoms with Crippen LogP contribution in [0, 0.1) is 0 Å². The Balaban J connectivity index is 2.21. The predicted molar refractivity (Wildman–Crippen MR) is 73.3 cm³/mol. The summed E-state index contributed by atoms with van der Waals surface area (Å²) < 4.78 is 40.2. The number of hydrogen-bond donors (Lipinski definition) is 2. The van der Waals surface area contributed by atoms with Gasteiger partial charge in [0, 0.05) is 18.7 Å². The first-order valence-electron chi connectivity index (χ1n) is 6.59. The van der Waals surface area contributed by atoms with Gasteiger partial charge in [0.05, 0.1) is 0 Å². The molecule has 0 bridgehead atoms. The van der Waals surface area contributed by atoms with Gasteiger partial charge in [-0.3, -0.25) is 9.59 Å². The van der Waals surface area contributed by atoms with Gasteiger partial charge in [-0.25, -0.2) is 0 Å². The number of amides is 2. The summed E-state index contributed by atoms with van der Waals surface area (Å²) in [7, 11) is 0. The van der Waals surface area contributed by atoms with Crippen LogP contribution in [0.3, 0.4) is 0 Å². The number of rotatable bonds is 7. The molecule has 0 fully saturated rings. The zero-order valence-corrected chi connectivity index (χ0v) is 11.9. The summed E-state index contributed by atoms with van der Waals surface area (Å²) in [4.78, 5) is 23.1. The number of alkyl halides is 3. The maximum Gasteiger partial charge on any atom is 0.411 e. The van der Waals surface area contributed by atoms with Crippen LogP contribution in [-0.4, -0.2) is 43.8 Å². The highest BCUT2D eigenvalue weighted by molar-refractivity contribution is 5.94. The summed E-state index contributed by atoms with van der Waals surface area (Å²) in [6.45, 7) is -0.00145. The Kier molecular flexibility index (Phi) is 6.84. The third kappa shape index (κ3) is 7.07. The largest absolute Gasteiger partial charge is 0.411 e. The molecule has 0 unspecified atom stereocenters. The number of hydrogen-bond acceptors (Lipinski definition) is 3. The molecule has 1 rings (SSSR count). The Hall–Kier alpha value is -2.09. The molecule has 0 spiro atoms. The van der Waals surface area contributed by atoms with Crippen LogP contribution in [0.1, 0.15) is 17.3 Å². The van der Waals surface area contributed by atoms with E-state index < -0.39 is 24.8 Å². The fourth-order valence-corrected chi connectivity index (χ4v) is 1.49. The zero-order valence-electron chi connectivity index (χ0n) is 11.9. The van der Waals surface area contributed by atoms with Crippen molar-refractivity contribution >= 4 is 11.8 Å². The van der Waals surface area contributed by atoms with E-state index in [1.54, 1.807) is 30.3 Å². The van der Waals surface area contributed by atoms with Crippen molar-refractivity contribution < 1.29 is 27.5 Å². The highest BCUT2D eigenvalue weighted by atomic mass is 19.4. The van der Waals surface area contributed by atoms with Crippen LogP contribution in [0.5, 0.6) is 0 Å². The predicted octanol–water partition coefficient (Wildman–Crippen LogP) is 1.50. The SMILES string of the molecule is C[C@@H](OCC(F)(F)F)C(=O)NCCNC(=O)c1ccccc1. The third-order valence-corrected chi connectivity index (χ3v) is 2.61. The summed E-state index contributed by atoms with van der Waals surface area (Å²) in [5.41, 5.74) is 0.482. The Morgan fingerprint density at radius 3 is 2.32 bits per heavy atom. The highest BCUT2D eigenvalue weighted by Gasteiger charge is 2.29. The van der Waals surface area contributed by atoms with Gasteiger partial charge in [-0.05, 0) is 19.1 Å². The van der Waals surface area contributed by atoms with E-state index in [9.17, 15) is 22.8 Å². The molecule has 0 aromatic heterocycles. The summed E-state index contributed by atoms with van der Waals surface area (Å²) >= 11 is 0. The molecule has 22 heavy (non-hydrogen) atoms. The topological polar surface area (TPSA) is 67.4 Å². The van der Waals surface area contributed by atoms with E-state index in [4.69, 9.17) is 0 Å². The van der Waals surface area contributed by atoms with Crippen molar-refractivity contribution in [1.82, 2.24) is 10.6 Å². The number of carbonyl (C=O) groups is 2. The van der Waals surface area contributed by atoms with Crippen LogP contribution in [0.2, 0.25) is 0 Å². The van der Waals surface area contributed by atoms with Crippen LogP contribution in [0.25, 0.3) is 0 Å². The smallest absolute Gasteiger partial charge is 0.359 e. The molecule has 5 nitrogen and oxygen atoms in total. The van der Waals surface area contributed by atoms with E-state index in [1.165, 1.54) is 6.92 Å². The van der Waals surface area contributed by atoms with Crippen LogP contribution in [0.15, 0.2) is 30.3 Å². The minimum absolute atomic E-state index is 0.0944. The normalized spacial score (nSPS) is 12.5. The van der Waals surface area contributed by atoms with Gasteiger partial charge in [-0.1, -0.05) is 18.2 Å². The monoisotopic (exact) mass is 318 g/mol. The molecule has 0 saturated carbocycles. The lowest BCUT2D eigenvalue weighted by atomic mass is 10.2. The van der Waals surface area contributed by atoms with Crippen LogP contribution >= 0.6 is 0 Å². The maximum absolute atomic E-state index is 11.9. The van der Waals surface area contributed by atoms with Crippen LogP contribution in [-0.2, 0) is 9.53 Å². The molecule has 0 heterocycles. The molecule has 1 aromatic rings. The first-order valence-corrected chi connectivity index (χ1v) is 6.59. The molecular formula is C14H17F3N2O3. The fraction of sp³-hybridized carbons (Fsp3) is 0.429. The van der Waals surface area contributed by atoms with E-state index in [0.717, 1.165) is 0 Å². The summed E-state index contributed by atoms with van der Waals surface area (Å²) in [5, 5.41) is 4.95. The van der Waals surface area contributed by atoms with Crippen LogP contribution in [0.4, 0.5) is 13.2 Å². The number of ether oxygens (including phenoxy) is 1. The molecule has 0 aliphatic heterocycles. The van der Waals surface area contributed by atoms with Crippen LogP contribution < -0.4 is 10.6 Å². The molecule has 122 valence electrons. The first-order chi connectivity index (χ1) is 10.3. The van der Waals surface area contributed by atoms with E-state index in [2.05, 4.69) is 15.4 Å². The maximum atomic E-state index is 11.9. The van der Waals surface area contributed by atoms with Crippen molar-refractivity contribution in [2.75, 3.05) is 19.7 Å². The van der Waals surface area contributed by atoms with E-state index in [0.29, 0.717) is 5.56 Å². The van der Waals surface area contributed by atoms with Crippen molar-refractivity contribution in [3.63, 3.8) is 0 Å². The minimum atomic E-state index is -4.47. The Bertz CT molecular complexity index is 492. The summed E-state index contributed by atoms with van der Waals surface area (Å²) in [6, 6.07) is 8.49. The zero-order chi connectivity index (χ0) is 16.6. The van der Waals surface area contributed by atoms with Crippen molar-refractivity contribution in [2.45, 2.75) is 19.2 Å². The highest BCUT2D eigenvalue weighted by Crippen LogP contribution is 2.15. The lowest BCUT2D eigenvalue weighted by molar-refractivity contribution is -0.185. The Morgan fingerprint density at radius 2 is 1.73 bits per heavy atom. The quantitative estimate of drug-likeness (QED) is 0.749. The molecule has 0 radical (unpaired) electrons. The standard InChI is InChI=1S/C14H17F3N2O3/c1-10(22-9-14(15,16)17)12(20)18-7-8-19-13(21)11-5-3-2-4-6-11/h2-6,10H,7-9H2,1H3,(H,18,20)(H,19,21)/t10-/m1/s1. The minimum Gasteiger partial charge on any atom is -0.359 e. The number of carbonyl (C=O) groups excluding carboxylic acids is 2. The van der Waals surface area contributed by atoms with Gasteiger partial charge in [-0.2, -0.15) is 13.2 Å². The Labute approximate surface area is 125 Å². The van der Waals surface area contributed by atoms with E-state index in [1.807, 2.05) is 0 Å². The average molecular weight is 318 g/mol. The lowest BCUT2D eigenvalue weighted by Gasteiger charge is -2.14. The molecule has 0 aliphatic carbocycles. The Morgan fingerprint density at radius 1 is 1.14 bits per heavy atom. The molecule has 1 atom stereocenters. The third-order valence-electron chi connectivity index (χ3n) is 2.61. The average Bonchev–Trinajstić information content (AvgIpc) is 2.48.